The number of amides is 1. The lowest BCUT2D eigenvalue weighted by atomic mass is 9.88. The number of fused-ring (bicyclic) bond motifs is 1. The van der Waals surface area contributed by atoms with E-state index in [9.17, 15) is 18.3 Å². The molecular weight excluding hydrogens is 555 g/mol. The number of rotatable bonds is 6. The molecule has 0 aromatic heterocycles. The molecule has 0 bridgehead atoms. The first-order chi connectivity index (χ1) is 19.0. The zero-order valence-corrected chi connectivity index (χ0v) is 23.7. The molecule has 0 spiro atoms. The second-order valence-corrected chi connectivity index (χ2v) is 13.1. The predicted molar refractivity (Wildman–Crippen MR) is 154 cm³/mol. The van der Waals surface area contributed by atoms with Crippen LogP contribution in [0.5, 0.6) is 11.5 Å². The lowest BCUT2D eigenvalue weighted by Gasteiger charge is -2.37. The first kappa shape index (κ1) is 28.0. The fraction of sp³-hybridized carbons (Fsp3) is 0.300. The average molecular weight is 585 g/mol. The molecule has 0 saturated carbocycles. The smallest absolute Gasteiger partial charge is 0.229 e. The van der Waals surface area contributed by atoms with Gasteiger partial charge >= 0.3 is 0 Å². The highest BCUT2D eigenvalue weighted by Crippen LogP contribution is 2.51. The number of nitrogens with zero attached hydrogens (tertiary/aromatic N) is 1. The molecule has 1 atom stereocenters. The van der Waals surface area contributed by atoms with Crippen LogP contribution in [0.2, 0.25) is 0 Å². The van der Waals surface area contributed by atoms with Crippen LogP contribution in [0.25, 0.3) is 0 Å². The highest BCUT2D eigenvalue weighted by molar-refractivity contribution is 7.95. The maximum absolute atomic E-state index is 16.0. The quantitative estimate of drug-likeness (QED) is 0.261. The lowest BCUT2D eigenvalue weighted by Crippen LogP contribution is -2.41. The van der Waals surface area contributed by atoms with Gasteiger partial charge in [-0.05, 0) is 41.7 Å². The monoisotopic (exact) mass is 584 g/mol. The van der Waals surface area contributed by atoms with Gasteiger partial charge in [0.1, 0.15) is 35.7 Å². The van der Waals surface area contributed by atoms with E-state index in [2.05, 4.69) is 5.32 Å². The third-order valence-electron chi connectivity index (χ3n) is 7.02. The molecule has 2 aliphatic heterocycles. The molecule has 5 rings (SSSR count). The summed E-state index contributed by atoms with van der Waals surface area (Å²) in [4.78, 5) is 14.8. The van der Waals surface area contributed by atoms with E-state index in [0.29, 0.717) is 12.1 Å². The molecule has 3 aromatic rings. The molecule has 2 heterocycles. The number of carbonyl (C=O) groups is 1. The van der Waals surface area contributed by atoms with E-state index < -0.39 is 33.0 Å². The standard InChI is InChI=1S/C30H30ClFN2O5S/c1-30(2)16-23-29(40(37,38)18-30)28(34(26(36)13-14-31)24-9-6-10-25(35)27(24)33-23)21-12-11-20(15-22(21)32)39-17-19-7-4-3-5-8-19/h3-12,15,28,33,35H,13-14,16-18H2,1-2H3. The number of halogens is 2. The van der Waals surface area contributed by atoms with E-state index in [1.807, 2.05) is 44.2 Å². The number of hydrogen-bond donors (Lipinski definition) is 2. The molecule has 0 aliphatic carbocycles. The molecule has 1 unspecified atom stereocenters. The number of sulfone groups is 1. The Labute approximate surface area is 238 Å². The Kier molecular flexibility index (Phi) is 7.54. The fourth-order valence-corrected chi connectivity index (χ4v) is 7.94. The van der Waals surface area contributed by atoms with Crippen LogP contribution in [0.4, 0.5) is 15.8 Å². The summed E-state index contributed by atoms with van der Waals surface area (Å²) >= 11 is 5.94. The van der Waals surface area contributed by atoms with Crippen LogP contribution in [0.15, 0.2) is 77.3 Å². The summed E-state index contributed by atoms with van der Waals surface area (Å²) in [5, 5.41) is 13.9. The third kappa shape index (κ3) is 5.40. The van der Waals surface area contributed by atoms with Gasteiger partial charge < -0.3 is 15.2 Å². The van der Waals surface area contributed by atoms with Crippen LogP contribution >= 0.6 is 11.6 Å². The minimum atomic E-state index is -3.99. The summed E-state index contributed by atoms with van der Waals surface area (Å²) in [6.07, 6.45) is 0.185. The van der Waals surface area contributed by atoms with E-state index in [4.69, 9.17) is 16.3 Å². The number of carbonyl (C=O) groups excluding carboxylic acids is 1. The Morgan fingerprint density at radius 3 is 2.60 bits per heavy atom. The molecule has 2 aliphatic rings. The van der Waals surface area contributed by atoms with Crippen LogP contribution in [-0.4, -0.2) is 31.1 Å². The number of para-hydroxylation sites is 1. The summed E-state index contributed by atoms with van der Waals surface area (Å²) in [5.74, 6) is -1.35. The second-order valence-electron chi connectivity index (χ2n) is 10.8. The normalized spacial score (nSPS) is 19.2. The number of benzene rings is 3. The van der Waals surface area contributed by atoms with Crippen LogP contribution in [0.1, 0.15) is 43.9 Å². The van der Waals surface area contributed by atoms with Crippen molar-refractivity contribution in [3.05, 3.63) is 94.3 Å². The number of allylic oxidation sites excluding steroid dienone is 1. The van der Waals surface area contributed by atoms with Gasteiger partial charge in [0.25, 0.3) is 0 Å². The van der Waals surface area contributed by atoms with Crippen LogP contribution < -0.4 is 15.0 Å². The zero-order chi connectivity index (χ0) is 28.7. The number of hydrogen-bond acceptors (Lipinski definition) is 6. The molecular formula is C30H30ClFN2O5S. The Balaban J connectivity index is 1.69. The van der Waals surface area contributed by atoms with Crippen molar-refractivity contribution in [1.82, 2.24) is 0 Å². The summed E-state index contributed by atoms with van der Waals surface area (Å²) < 4.78 is 49.6. The largest absolute Gasteiger partial charge is 0.506 e. The van der Waals surface area contributed by atoms with Gasteiger partial charge in [-0.15, -0.1) is 11.6 Å². The summed E-state index contributed by atoms with van der Waals surface area (Å²) in [6, 6.07) is 16.9. The number of phenols is 1. The summed E-state index contributed by atoms with van der Waals surface area (Å²) in [5.41, 5.74) is 0.977. The van der Waals surface area contributed by atoms with Gasteiger partial charge in [0.15, 0.2) is 9.84 Å². The van der Waals surface area contributed by atoms with Crippen molar-refractivity contribution < 1.29 is 27.4 Å². The Morgan fingerprint density at radius 2 is 1.90 bits per heavy atom. The van der Waals surface area contributed by atoms with Gasteiger partial charge in [-0.3, -0.25) is 9.69 Å². The first-order valence-electron chi connectivity index (χ1n) is 12.9. The minimum absolute atomic E-state index is 0.0104. The molecule has 2 N–H and O–H groups in total. The van der Waals surface area contributed by atoms with E-state index in [1.54, 1.807) is 18.2 Å². The highest BCUT2D eigenvalue weighted by Gasteiger charge is 2.47. The number of aromatic hydroxyl groups is 1. The number of anilines is 2. The van der Waals surface area contributed by atoms with Crippen LogP contribution in [0.3, 0.4) is 0 Å². The lowest BCUT2D eigenvalue weighted by molar-refractivity contribution is -0.118. The van der Waals surface area contributed by atoms with Crippen molar-refractivity contribution >= 4 is 38.7 Å². The predicted octanol–water partition coefficient (Wildman–Crippen LogP) is 6.30. The molecule has 40 heavy (non-hydrogen) atoms. The Bertz CT molecular complexity index is 1590. The van der Waals surface area contributed by atoms with Crippen molar-refractivity contribution in [2.45, 2.75) is 39.3 Å². The van der Waals surface area contributed by atoms with Crippen molar-refractivity contribution in [3.8, 4) is 11.5 Å². The topological polar surface area (TPSA) is 95.9 Å². The number of phenolic OH excluding ortho intramolecular Hbond substituents is 1. The maximum Gasteiger partial charge on any atom is 0.229 e. The molecule has 0 fully saturated rings. The molecule has 7 nitrogen and oxygen atoms in total. The van der Waals surface area contributed by atoms with E-state index in [1.165, 1.54) is 23.1 Å². The number of nitrogens with one attached hydrogen (secondary N) is 1. The van der Waals surface area contributed by atoms with Crippen LogP contribution in [-0.2, 0) is 21.2 Å². The van der Waals surface area contributed by atoms with Crippen molar-refractivity contribution in [3.63, 3.8) is 0 Å². The molecule has 210 valence electrons. The Hall–Kier alpha value is -3.56. The highest BCUT2D eigenvalue weighted by atomic mass is 35.5. The van der Waals surface area contributed by atoms with Gasteiger partial charge in [0.05, 0.1) is 16.3 Å². The SMILES string of the molecule is CC1(C)CC2=C(C(c3ccc(OCc4ccccc4)cc3F)N(C(=O)CCCl)c3cccc(O)c3N2)S(=O)(=O)C1. The van der Waals surface area contributed by atoms with E-state index >= 15 is 4.39 Å². The molecule has 0 saturated heterocycles. The molecule has 3 aromatic carbocycles. The van der Waals surface area contributed by atoms with E-state index in [0.717, 1.165) is 5.56 Å². The molecule has 0 radical (unpaired) electrons. The van der Waals surface area contributed by atoms with Crippen molar-refractivity contribution in [1.29, 1.82) is 0 Å². The van der Waals surface area contributed by atoms with Crippen molar-refractivity contribution in [2.75, 3.05) is 21.8 Å². The number of ether oxygens (including phenoxy) is 1. The Morgan fingerprint density at radius 1 is 1.15 bits per heavy atom. The summed E-state index contributed by atoms with van der Waals surface area (Å²) in [6.45, 7) is 3.88. The van der Waals surface area contributed by atoms with E-state index in [-0.39, 0.29) is 58.0 Å². The van der Waals surface area contributed by atoms with Gasteiger partial charge in [-0.25, -0.2) is 12.8 Å². The van der Waals surface area contributed by atoms with Crippen molar-refractivity contribution in [2.24, 2.45) is 5.41 Å². The third-order valence-corrected chi connectivity index (χ3v) is 9.51. The fourth-order valence-electron chi connectivity index (χ4n) is 5.42. The van der Waals surface area contributed by atoms with Gasteiger partial charge in [0, 0.05) is 29.6 Å². The molecule has 10 heteroatoms. The first-order valence-corrected chi connectivity index (χ1v) is 15.1. The summed E-state index contributed by atoms with van der Waals surface area (Å²) in [7, 11) is -3.99. The van der Waals surface area contributed by atoms with Crippen LogP contribution in [0, 0.1) is 11.2 Å². The zero-order valence-electron chi connectivity index (χ0n) is 22.2. The number of alkyl halides is 1. The maximum atomic E-state index is 16.0. The minimum Gasteiger partial charge on any atom is -0.506 e. The van der Waals surface area contributed by atoms with Gasteiger partial charge in [0.2, 0.25) is 5.91 Å². The van der Waals surface area contributed by atoms with Gasteiger partial charge in [-0.2, -0.15) is 0 Å². The second kappa shape index (κ2) is 10.8. The average Bonchev–Trinajstić information content (AvgIpc) is 3.03. The molecule has 1 amide bonds. The van der Waals surface area contributed by atoms with Gasteiger partial charge in [-0.1, -0.05) is 50.2 Å².